The third-order valence-corrected chi connectivity index (χ3v) is 17.4. The van der Waals surface area contributed by atoms with Crippen LogP contribution < -0.4 is 52.4 Å². The zero-order valence-corrected chi connectivity index (χ0v) is 59.7. The minimum absolute atomic E-state index is 0.0142. The molecule has 7 amide bonds. The van der Waals surface area contributed by atoms with Crippen LogP contribution in [0.15, 0.2) is 164 Å². The number of hydrogen-bond donors (Lipinski definition) is 8. The van der Waals surface area contributed by atoms with E-state index in [2.05, 4.69) is 37.2 Å². The molecule has 0 fully saturated rings. The number of thioether (sulfide) groups is 1. The highest BCUT2D eigenvalue weighted by atomic mass is 32.2. The summed E-state index contributed by atoms with van der Waals surface area (Å²) in [5, 5.41) is 20.1. The quantitative estimate of drug-likeness (QED) is 0.00824. The average molecular weight is 1360 g/mol. The Morgan fingerprint density at radius 3 is 1.29 bits per heavy atom. The van der Waals surface area contributed by atoms with Crippen LogP contribution in [0.4, 0.5) is 10.5 Å². The highest BCUT2D eigenvalue weighted by Crippen LogP contribution is 2.48. The number of nitrogen functional groups attached to an aromatic ring is 1. The van der Waals surface area contributed by atoms with Crippen molar-refractivity contribution in [1.29, 1.82) is 0 Å². The van der Waals surface area contributed by atoms with E-state index in [0.717, 1.165) is 16.7 Å². The maximum absolute atomic E-state index is 15.3. The number of nitrogens with two attached hydrogens (primary N) is 1. The first-order valence-electron chi connectivity index (χ1n) is 33.4. The summed E-state index contributed by atoms with van der Waals surface area (Å²) in [6.45, 7) is 21.8. The van der Waals surface area contributed by atoms with Crippen molar-refractivity contribution in [2.45, 2.75) is 186 Å². The number of hydrogen-bond acceptors (Lipinski definition) is 14. The lowest BCUT2D eigenvalue weighted by molar-refractivity contribution is -0.145. The molecule has 21 heteroatoms. The molecule has 0 aromatic heterocycles. The first-order valence-corrected chi connectivity index (χ1v) is 34.4. The van der Waals surface area contributed by atoms with Crippen LogP contribution in [0, 0.1) is 5.92 Å². The minimum Gasteiger partial charge on any atom is -0.488 e. The second-order valence-corrected chi connectivity index (χ2v) is 28.7. The number of unbranched alkanes of at least 4 members (excludes halogenated alkanes) is 1. The molecule has 6 rings (SSSR count). The Hall–Kier alpha value is -9.37. The fourth-order valence-corrected chi connectivity index (χ4v) is 12.5. The highest BCUT2D eigenvalue weighted by molar-refractivity contribution is 8.00. The van der Waals surface area contributed by atoms with Gasteiger partial charge in [0.1, 0.15) is 64.6 Å². The van der Waals surface area contributed by atoms with Gasteiger partial charge in [0.25, 0.3) is 0 Å². The standard InChI is InChI=1S/C77H100N8O12S/c1-14-50(2)66(85-70(90)65(80-51(3)86)49-98-77(55-26-18-15-19-27-55,56-28-20-16-21-29-56)57-30-22-17-23-31-57)71(91)83-63(46-52-33-39-58(78)40-34-52)68(88)81-61(32-24-25-45-79-73(93)97-76(10,11)12)67(87)82-62(47-53-35-41-59(42-36-53)95-74(4,5)6)69(89)84-64(72(92)94-13)48-54-37-43-60(44-38-54)96-75(7,8)9/h15-23,26-31,33-44,50,61-66H,14,24-25,32,45-49,78H2,1-13H3,(H,79,93)(H,80,86)(H,81,88)(H,82,87)(H,83,91)(H,84,89)(H,85,90). The van der Waals surface area contributed by atoms with E-state index in [9.17, 15) is 24.0 Å². The largest absolute Gasteiger partial charge is 0.488 e. The second-order valence-electron chi connectivity index (χ2n) is 27.5. The molecule has 7 atom stereocenters. The molecule has 0 aliphatic heterocycles. The van der Waals surface area contributed by atoms with Gasteiger partial charge in [0, 0.05) is 44.2 Å². The van der Waals surface area contributed by atoms with Crippen LogP contribution in [-0.2, 0) is 67.0 Å². The van der Waals surface area contributed by atoms with Gasteiger partial charge in [0.05, 0.1) is 11.9 Å². The first kappa shape index (κ1) is 77.6. The zero-order valence-electron chi connectivity index (χ0n) is 58.9. The number of carbonyl (C=O) groups excluding carboxylic acids is 8. The average Bonchev–Trinajstić information content (AvgIpc) is 0.757. The van der Waals surface area contributed by atoms with E-state index in [0.29, 0.717) is 46.7 Å². The van der Waals surface area contributed by atoms with E-state index in [1.54, 1.807) is 100 Å². The molecule has 0 aliphatic carbocycles. The van der Waals surface area contributed by atoms with Crippen molar-refractivity contribution in [3.63, 3.8) is 0 Å². The molecule has 0 heterocycles. The third kappa shape index (κ3) is 24.9. The SMILES string of the molecule is CCC(C)C(NC(=O)C(CSC(c1ccccc1)(c1ccccc1)c1ccccc1)NC(C)=O)C(=O)NC(Cc1ccc(N)cc1)C(=O)NC(CCCCNC(=O)OC(C)(C)C)C(=O)NC(Cc1ccc(OC(C)(C)C)cc1)C(=O)NC(Cc1ccc(OC(C)(C)C)cc1)C(=O)OC. The summed E-state index contributed by atoms with van der Waals surface area (Å²) in [4.78, 5) is 115. The summed E-state index contributed by atoms with van der Waals surface area (Å²) in [5.41, 5.74) is 9.50. The monoisotopic (exact) mass is 1360 g/mol. The maximum Gasteiger partial charge on any atom is 0.407 e. The summed E-state index contributed by atoms with van der Waals surface area (Å²) in [6.07, 6.45) is 0.116. The molecular formula is C77H100N8O12S. The number of benzene rings is 6. The van der Waals surface area contributed by atoms with Gasteiger partial charge < -0.3 is 61.9 Å². The highest BCUT2D eigenvalue weighted by Gasteiger charge is 2.40. The number of anilines is 1. The van der Waals surface area contributed by atoms with Gasteiger partial charge in [0.15, 0.2) is 0 Å². The lowest BCUT2D eigenvalue weighted by Gasteiger charge is -2.36. The lowest BCUT2D eigenvalue weighted by atomic mass is 9.84. The van der Waals surface area contributed by atoms with Gasteiger partial charge in [-0.25, -0.2) is 9.59 Å². The molecule has 0 bridgehead atoms. The van der Waals surface area contributed by atoms with Crippen LogP contribution in [0.3, 0.4) is 0 Å². The first-order chi connectivity index (χ1) is 46.3. The van der Waals surface area contributed by atoms with Crippen molar-refractivity contribution >= 4 is 65.0 Å². The molecule has 6 aromatic rings. The Bertz CT molecular complexity index is 3460. The van der Waals surface area contributed by atoms with Crippen LogP contribution >= 0.6 is 11.8 Å². The summed E-state index contributed by atoms with van der Waals surface area (Å²) in [6, 6.07) is 42.7. The van der Waals surface area contributed by atoms with Crippen LogP contribution in [0.2, 0.25) is 0 Å². The fraction of sp³-hybridized carbons (Fsp3) is 0.429. The van der Waals surface area contributed by atoms with Gasteiger partial charge in [-0.15, -0.1) is 11.8 Å². The molecule has 0 spiro atoms. The molecule has 526 valence electrons. The van der Waals surface area contributed by atoms with Gasteiger partial charge in [-0.05, 0) is 157 Å². The van der Waals surface area contributed by atoms with Crippen LogP contribution in [-0.4, -0.2) is 120 Å². The topological polar surface area (TPSA) is 284 Å². The van der Waals surface area contributed by atoms with Crippen molar-refractivity contribution in [1.82, 2.24) is 37.2 Å². The zero-order chi connectivity index (χ0) is 71.8. The molecule has 98 heavy (non-hydrogen) atoms. The number of alkyl carbamates (subject to hydrolysis) is 1. The Labute approximate surface area is 582 Å². The summed E-state index contributed by atoms with van der Waals surface area (Å²) in [7, 11) is 1.21. The van der Waals surface area contributed by atoms with Crippen LogP contribution in [0.5, 0.6) is 11.5 Å². The minimum atomic E-state index is -1.40. The lowest BCUT2D eigenvalue weighted by Crippen LogP contribution is -2.61. The van der Waals surface area contributed by atoms with Crippen LogP contribution in [0.1, 0.15) is 142 Å². The summed E-state index contributed by atoms with van der Waals surface area (Å²) in [5.74, 6) is -4.18. The van der Waals surface area contributed by atoms with Crippen LogP contribution in [0.25, 0.3) is 0 Å². The number of ether oxygens (including phenoxy) is 4. The van der Waals surface area contributed by atoms with Crippen molar-refractivity contribution in [2.75, 3.05) is 25.1 Å². The molecule has 0 saturated heterocycles. The number of nitrogens with one attached hydrogen (secondary N) is 7. The number of esters is 1. The van der Waals surface area contributed by atoms with Crippen molar-refractivity contribution in [3.05, 3.63) is 197 Å². The summed E-state index contributed by atoms with van der Waals surface area (Å²) >= 11 is 1.46. The summed E-state index contributed by atoms with van der Waals surface area (Å²) < 4.78 is 21.9. The smallest absolute Gasteiger partial charge is 0.407 e. The Kier molecular flexibility index (Phi) is 28.7. The van der Waals surface area contributed by atoms with E-state index >= 15 is 14.4 Å². The second kappa shape index (κ2) is 36.3. The number of amides is 7. The number of carbonyl (C=O) groups is 8. The maximum atomic E-state index is 15.3. The van der Waals surface area contributed by atoms with Crippen molar-refractivity contribution < 1.29 is 57.3 Å². The number of rotatable bonds is 33. The van der Waals surface area contributed by atoms with Gasteiger partial charge in [0.2, 0.25) is 35.4 Å². The van der Waals surface area contributed by atoms with E-state index < -0.39 is 111 Å². The normalized spacial score (nSPS) is 13.8. The molecule has 0 aliphatic rings. The predicted octanol–water partition coefficient (Wildman–Crippen LogP) is 10.2. The van der Waals surface area contributed by atoms with E-state index in [4.69, 9.17) is 24.7 Å². The molecule has 20 nitrogen and oxygen atoms in total. The van der Waals surface area contributed by atoms with Gasteiger partial charge in [-0.1, -0.05) is 148 Å². The molecular weight excluding hydrogens is 1260 g/mol. The molecule has 6 aromatic carbocycles. The Balaban J connectivity index is 1.33. The van der Waals surface area contributed by atoms with Crippen molar-refractivity contribution in [2.24, 2.45) is 5.92 Å². The predicted molar refractivity (Wildman–Crippen MR) is 384 cm³/mol. The molecule has 9 N–H and O–H groups in total. The van der Waals surface area contributed by atoms with Crippen molar-refractivity contribution in [3.8, 4) is 11.5 Å². The van der Waals surface area contributed by atoms with Gasteiger partial charge in [-0.3, -0.25) is 28.8 Å². The van der Waals surface area contributed by atoms with E-state index in [-0.39, 0.29) is 44.4 Å². The third-order valence-electron chi connectivity index (χ3n) is 15.8. The number of methoxy groups -OCH3 is 1. The molecule has 7 unspecified atom stereocenters. The van der Waals surface area contributed by atoms with Gasteiger partial charge >= 0.3 is 12.1 Å². The van der Waals surface area contributed by atoms with Gasteiger partial charge in [-0.2, -0.15) is 0 Å². The van der Waals surface area contributed by atoms with E-state index in [1.165, 1.54) is 25.8 Å². The fourth-order valence-electron chi connectivity index (χ4n) is 10.9. The van der Waals surface area contributed by atoms with E-state index in [1.807, 2.05) is 139 Å². The Morgan fingerprint density at radius 1 is 0.469 bits per heavy atom. The molecule has 0 radical (unpaired) electrons. The Morgan fingerprint density at radius 2 is 0.867 bits per heavy atom. The molecule has 0 saturated carbocycles.